The molecule has 1 N–H and O–H groups in total. The van der Waals surface area contributed by atoms with E-state index in [2.05, 4.69) is 5.32 Å². The molecule has 44 heavy (non-hydrogen) atoms. The van der Waals surface area contributed by atoms with Gasteiger partial charge in [0.2, 0.25) is 0 Å². The highest BCUT2D eigenvalue weighted by atomic mass is 35.5. The first-order chi connectivity index (χ1) is 21.2. The number of nitrogens with one attached hydrogen (secondary N) is 1. The van der Waals surface area contributed by atoms with Crippen LogP contribution >= 0.6 is 34.8 Å². The number of halogens is 3. The molecular formula is C33H25Cl3N2O6. The molecule has 224 valence electrons. The van der Waals surface area contributed by atoms with E-state index in [0.717, 1.165) is 16.0 Å². The number of ether oxygens (including phenoxy) is 3. The second-order valence-electron chi connectivity index (χ2n) is 9.53. The number of nitrogens with zero attached hydrogens (tertiary/aromatic N) is 1. The number of carbonyl (C=O) groups excluding carboxylic acids is 3. The lowest BCUT2D eigenvalue weighted by Crippen LogP contribution is -2.54. The molecule has 0 saturated carbocycles. The number of barbiturate groups is 1. The third-order valence-corrected chi connectivity index (χ3v) is 7.29. The van der Waals surface area contributed by atoms with Crippen LogP contribution in [-0.4, -0.2) is 24.5 Å². The monoisotopic (exact) mass is 650 g/mol. The highest BCUT2D eigenvalue weighted by Gasteiger charge is 2.36. The molecular weight excluding hydrogens is 627 g/mol. The Morgan fingerprint density at radius 1 is 0.773 bits per heavy atom. The van der Waals surface area contributed by atoms with E-state index in [1.165, 1.54) is 6.08 Å². The van der Waals surface area contributed by atoms with E-state index in [1.807, 2.05) is 19.1 Å². The standard InChI is InChI=1S/C33H25Cl3N2O6/c1-2-42-30-16-20(6-13-29(30)44-18-21-4-3-5-23(34)14-21)15-27-31(39)37-33(41)38(32(27)40)25-9-11-26(12-10-25)43-19-22-7-8-24(35)17-28(22)36/h3-17H,2,18-19H2,1H3,(H,37,39,41)/b27-15+. The van der Waals surface area contributed by atoms with Crippen molar-refractivity contribution in [3.63, 3.8) is 0 Å². The van der Waals surface area contributed by atoms with Crippen LogP contribution in [0.3, 0.4) is 0 Å². The summed E-state index contributed by atoms with van der Waals surface area (Å²) < 4.78 is 17.5. The zero-order valence-corrected chi connectivity index (χ0v) is 25.6. The Labute approximate surface area is 268 Å². The summed E-state index contributed by atoms with van der Waals surface area (Å²) in [6.45, 7) is 2.64. The van der Waals surface area contributed by atoms with Crippen molar-refractivity contribution in [3.05, 3.63) is 122 Å². The van der Waals surface area contributed by atoms with Gasteiger partial charge in [-0.2, -0.15) is 0 Å². The van der Waals surface area contributed by atoms with Gasteiger partial charge in [-0.25, -0.2) is 9.69 Å². The number of urea groups is 1. The Kier molecular flexibility index (Phi) is 9.75. The van der Waals surface area contributed by atoms with Crippen molar-refractivity contribution in [1.29, 1.82) is 0 Å². The largest absolute Gasteiger partial charge is 0.490 e. The van der Waals surface area contributed by atoms with Crippen molar-refractivity contribution in [2.24, 2.45) is 0 Å². The van der Waals surface area contributed by atoms with Crippen molar-refractivity contribution < 1.29 is 28.6 Å². The van der Waals surface area contributed by atoms with Crippen molar-refractivity contribution in [2.45, 2.75) is 20.1 Å². The first kappa shape index (κ1) is 30.9. The average molecular weight is 652 g/mol. The van der Waals surface area contributed by atoms with E-state index in [4.69, 9.17) is 49.0 Å². The lowest BCUT2D eigenvalue weighted by molar-refractivity contribution is -0.122. The van der Waals surface area contributed by atoms with Crippen LogP contribution in [0.2, 0.25) is 15.1 Å². The molecule has 0 spiro atoms. The van der Waals surface area contributed by atoms with Crippen LogP contribution in [-0.2, 0) is 22.8 Å². The van der Waals surface area contributed by atoms with E-state index >= 15 is 0 Å². The first-order valence-electron chi connectivity index (χ1n) is 13.4. The normalized spacial score (nSPS) is 14.0. The van der Waals surface area contributed by atoms with Gasteiger partial charge in [0, 0.05) is 20.6 Å². The number of imide groups is 2. The zero-order valence-electron chi connectivity index (χ0n) is 23.3. The van der Waals surface area contributed by atoms with Gasteiger partial charge in [0.15, 0.2) is 11.5 Å². The van der Waals surface area contributed by atoms with Gasteiger partial charge < -0.3 is 14.2 Å². The van der Waals surface area contributed by atoms with E-state index in [0.29, 0.717) is 44.5 Å². The smallest absolute Gasteiger partial charge is 0.335 e. The number of rotatable bonds is 10. The summed E-state index contributed by atoms with van der Waals surface area (Å²) in [5.41, 5.74) is 2.15. The fraction of sp³-hybridized carbons (Fsp3) is 0.121. The average Bonchev–Trinajstić information content (AvgIpc) is 2.99. The lowest BCUT2D eigenvalue weighted by Gasteiger charge is -2.26. The maximum Gasteiger partial charge on any atom is 0.335 e. The Hall–Kier alpha value is -4.50. The molecule has 0 aromatic heterocycles. The van der Waals surface area contributed by atoms with Gasteiger partial charge in [-0.15, -0.1) is 0 Å². The molecule has 0 atom stereocenters. The van der Waals surface area contributed by atoms with Gasteiger partial charge in [-0.1, -0.05) is 59.1 Å². The topological polar surface area (TPSA) is 94.2 Å². The summed E-state index contributed by atoms with van der Waals surface area (Å²) in [5.74, 6) is -0.200. The minimum Gasteiger partial charge on any atom is -0.490 e. The van der Waals surface area contributed by atoms with Gasteiger partial charge >= 0.3 is 6.03 Å². The van der Waals surface area contributed by atoms with Crippen LogP contribution in [0, 0.1) is 0 Å². The maximum absolute atomic E-state index is 13.4. The summed E-state index contributed by atoms with van der Waals surface area (Å²) in [7, 11) is 0. The Bertz CT molecular complexity index is 1760. The molecule has 1 heterocycles. The highest BCUT2D eigenvalue weighted by Crippen LogP contribution is 2.32. The number of amides is 4. The van der Waals surface area contributed by atoms with Crippen molar-refractivity contribution in [2.75, 3.05) is 11.5 Å². The third kappa shape index (κ3) is 7.34. The SMILES string of the molecule is CCOc1cc(/C=C2\C(=O)NC(=O)N(c3ccc(OCc4ccc(Cl)cc4Cl)cc3)C2=O)ccc1OCc1cccc(Cl)c1. The van der Waals surface area contributed by atoms with Crippen LogP contribution in [0.4, 0.5) is 10.5 Å². The molecule has 1 aliphatic rings. The number of anilines is 1. The number of hydrogen-bond acceptors (Lipinski definition) is 6. The van der Waals surface area contributed by atoms with E-state index < -0.39 is 17.8 Å². The third-order valence-electron chi connectivity index (χ3n) is 6.47. The maximum atomic E-state index is 13.4. The zero-order chi connectivity index (χ0) is 31.2. The second kappa shape index (κ2) is 13.9. The van der Waals surface area contributed by atoms with E-state index in [-0.39, 0.29) is 24.5 Å². The number of hydrogen-bond donors (Lipinski definition) is 1. The molecule has 8 nitrogen and oxygen atoms in total. The summed E-state index contributed by atoms with van der Waals surface area (Å²) in [5, 5.41) is 3.82. The first-order valence-corrected chi connectivity index (χ1v) is 14.6. The van der Waals surface area contributed by atoms with E-state index in [1.54, 1.807) is 72.8 Å². The van der Waals surface area contributed by atoms with Crippen molar-refractivity contribution >= 4 is 64.4 Å². The lowest BCUT2D eigenvalue weighted by atomic mass is 10.1. The summed E-state index contributed by atoms with van der Waals surface area (Å²) in [6, 6.07) is 22.9. The molecule has 4 amide bonds. The summed E-state index contributed by atoms with van der Waals surface area (Å²) in [4.78, 5) is 39.8. The molecule has 1 saturated heterocycles. The van der Waals surface area contributed by atoms with Gasteiger partial charge in [0.1, 0.15) is 24.5 Å². The molecule has 0 radical (unpaired) electrons. The van der Waals surface area contributed by atoms with E-state index in [9.17, 15) is 14.4 Å². The Morgan fingerprint density at radius 3 is 2.27 bits per heavy atom. The Balaban J connectivity index is 1.32. The minimum atomic E-state index is -0.862. The van der Waals surface area contributed by atoms with Crippen molar-refractivity contribution in [1.82, 2.24) is 5.32 Å². The number of carbonyl (C=O) groups is 3. The fourth-order valence-electron chi connectivity index (χ4n) is 4.34. The van der Waals surface area contributed by atoms with Crippen LogP contribution in [0.25, 0.3) is 6.08 Å². The molecule has 0 bridgehead atoms. The molecule has 4 aromatic carbocycles. The van der Waals surface area contributed by atoms with Crippen LogP contribution in [0.15, 0.2) is 90.5 Å². The molecule has 4 aromatic rings. The van der Waals surface area contributed by atoms with Crippen molar-refractivity contribution in [3.8, 4) is 17.2 Å². The predicted octanol–water partition coefficient (Wildman–Crippen LogP) is 7.87. The fourth-order valence-corrected chi connectivity index (χ4v) is 5.02. The molecule has 1 aliphatic heterocycles. The molecule has 11 heteroatoms. The van der Waals surface area contributed by atoms with Crippen LogP contribution in [0.1, 0.15) is 23.6 Å². The molecule has 5 rings (SSSR count). The predicted molar refractivity (Wildman–Crippen MR) is 170 cm³/mol. The minimum absolute atomic E-state index is 0.189. The quantitative estimate of drug-likeness (QED) is 0.139. The molecule has 0 unspecified atom stereocenters. The van der Waals surface area contributed by atoms with Gasteiger partial charge in [0.25, 0.3) is 11.8 Å². The highest BCUT2D eigenvalue weighted by molar-refractivity contribution is 6.39. The van der Waals surface area contributed by atoms with Gasteiger partial charge in [0.05, 0.1) is 12.3 Å². The van der Waals surface area contributed by atoms with Gasteiger partial charge in [-0.3, -0.25) is 14.9 Å². The number of benzene rings is 4. The van der Waals surface area contributed by atoms with Crippen LogP contribution < -0.4 is 24.4 Å². The summed E-state index contributed by atoms with van der Waals surface area (Å²) in [6.07, 6.45) is 1.40. The summed E-state index contributed by atoms with van der Waals surface area (Å²) >= 11 is 18.2. The Morgan fingerprint density at radius 2 is 1.55 bits per heavy atom. The van der Waals surface area contributed by atoms with Gasteiger partial charge in [-0.05, 0) is 84.8 Å². The van der Waals surface area contributed by atoms with Crippen LogP contribution in [0.5, 0.6) is 17.2 Å². The second-order valence-corrected chi connectivity index (χ2v) is 10.8. The molecule has 1 fully saturated rings. The molecule has 0 aliphatic carbocycles.